The van der Waals surface area contributed by atoms with E-state index in [4.69, 9.17) is 9.31 Å². The van der Waals surface area contributed by atoms with Gasteiger partial charge in [0.15, 0.2) is 0 Å². The number of aldehydes is 1. The SMILES string of the molecule is CCC(CC)Nc1ccnc(Nc2ccc(B3OC(C)(C)C(C)(C)O3)c(C=O)c2)n1. The number of rotatable bonds is 8. The minimum absolute atomic E-state index is 0.369. The van der Waals surface area contributed by atoms with E-state index >= 15 is 0 Å². The number of anilines is 3. The molecule has 1 saturated heterocycles. The molecule has 0 aliphatic carbocycles. The maximum absolute atomic E-state index is 11.8. The second-order valence-electron chi connectivity index (χ2n) is 8.60. The normalized spacial score (nSPS) is 17.2. The first-order valence-corrected chi connectivity index (χ1v) is 10.5. The van der Waals surface area contributed by atoms with Gasteiger partial charge < -0.3 is 19.9 Å². The fourth-order valence-corrected chi connectivity index (χ4v) is 3.27. The summed E-state index contributed by atoms with van der Waals surface area (Å²) < 4.78 is 12.2. The van der Waals surface area contributed by atoms with Gasteiger partial charge in [-0.05, 0) is 64.2 Å². The Balaban J connectivity index is 1.79. The molecule has 1 aromatic heterocycles. The Hall–Kier alpha value is -2.45. The maximum Gasteiger partial charge on any atom is 0.495 e. The maximum atomic E-state index is 11.8. The van der Waals surface area contributed by atoms with Gasteiger partial charge in [-0.15, -0.1) is 0 Å². The average Bonchev–Trinajstić information content (AvgIpc) is 2.93. The zero-order valence-electron chi connectivity index (χ0n) is 18.7. The molecule has 8 heteroatoms. The summed E-state index contributed by atoms with van der Waals surface area (Å²) in [5, 5.41) is 6.58. The summed E-state index contributed by atoms with van der Waals surface area (Å²) in [4.78, 5) is 20.6. The second-order valence-corrected chi connectivity index (χ2v) is 8.60. The number of aromatic nitrogens is 2. The highest BCUT2D eigenvalue weighted by atomic mass is 16.7. The van der Waals surface area contributed by atoms with Crippen LogP contribution in [0.3, 0.4) is 0 Å². The van der Waals surface area contributed by atoms with Crippen molar-refractivity contribution in [2.45, 2.75) is 71.6 Å². The molecule has 0 spiro atoms. The van der Waals surface area contributed by atoms with Crippen LogP contribution in [0.5, 0.6) is 0 Å². The van der Waals surface area contributed by atoms with Crippen molar-refractivity contribution in [3.8, 4) is 0 Å². The van der Waals surface area contributed by atoms with E-state index in [0.717, 1.165) is 30.6 Å². The zero-order valence-corrected chi connectivity index (χ0v) is 18.7. The van der Waals surface area contributed by atoms with Gasteiger partial charge in [-0.2, -0.15) is 4.98 Å². The summed E-state index contributed by atoms with van der Waals surface area (Å²) in [5.41, 5.74) is 0.997. The fraction of sp³-hybridized carbons (Fsp3) is 0.500. The van der Waals surface area contributed by atoms with Gasteiger partial charge >= 0.3 is 7.12 Å². The van der Waals surface area contributed by atoms with Crippen LogP contribution in [0.2, 0.25) is 0 Å². The number of nitrogens with one attached hydrogen (secondary N) is 2. The predicted octanol–water partition coefficient (Wildman–Crippen LogP) is 3.93. The van der Waals surface area contributed by atoms with Crippen LogP contribution in [0, 0.1) is 0 Å². The van der Waals surface area contributed by atoms with E-state index in [-0.39, 0.29) is 0 Å². The molecule has 30 heavy (non-hydrogen) atoms. The van der Waals surface area contributed by atoms with Crippen LogP contribution in [-0.2, 0) is 9.31 Å². The van der Waals surface area contributed by atoms with E-state index in [1.54, 1.807) is 12.3 Å². The molecule has 1 aliphatic heterocycles. The molecule has 7 nitrogen and oxygen atoms in total. The van der Waals surface area contributed by atoms with Gasteiger partial charge in [-0.25, -0.2) is 4.98 Å². The molecule has 0 bridgehead atoms. The number of hydrogen-bond acceptors (Lipinski definition) is 7. The van der Waals surface area contributed by atoms with Crippen molar-refractivity contribution in [2.24, 2.45) is 0 Å². The minimum atomic E-state index is -0.590. The van der Waals surface area contributed by atoms with E-state index in [1.165, 1.54) is 0 Å². The lowest BCUT2D eigenvalue weighted by Crippen LogP contribution is -2.41. The lowest BCUT2D eigenvalue weighted by Gasteiger charge is -2.32. The van der Waals surface area contributed by atoms with E-state index in [1.807, 2.05) is 45.9 Å². The highest BCUT2D eigenvalue weighted by Crippen LogP contribution is 2.36. The number of nitrogens with zero attached hydrogens (tertiary/aromatic N) is 2. The van der Waals surface area contributed by atoms with Crippen LogP contribution in [0.4, 0.5) is 17.5 Å². The quantitative estimate of drug-likeness (QED) is 0.504. The second kappa shape index (κ2) is 8.74. The molecule has 3 rings (SSSR count). The molecular weight excluding hydrogens is 379 g/mol. The van der Waals surface area contributed by atoms with E-state index in [0.29, 0.717) is 23.0 Å². The van der Waals surface area contributed by atoms with E-state index in [2.05, 4.69) is 34.4 Å². The predicted molar refractivity (Wildman–Crippen MR) is 121 cm³/mol. The first-order chi connectivity index (χ1) is 14.2. The summed E-state index contributed by atoms with van der Waals surface area (Å²) in [6.07, 6.45) is 4.57. The van der Waals surface area contributed by atoms with Crippen LogP contribution in [-0.4, -0.2) is 40.6 Å². The van der Waals surface area contributed by atoms with Crippen molar-refractivity contribution in [1.82, 2.24) is 9.97 Å². The van der Waals surface area contributed by atoms with Crippen molar-refractivity contribution in [1.29, 1.82) is 0 Å². The van der Waals surface area contributed by atoms with Crippen LogP contribution >= 0.6 is 0 Å². The van der Waals surface area contributed by atoms with Crippen molar-refractivity contribution >= 4 is 36.3 Å². The Morgan fingerprint density at radius 2 is 1.77 bits per heavy atom. The average molecular weight is 410 g/mol. The summed E-state index contributed by atoms with van der Waals surface area (Å²) in [5.74, 6) is 1.23. The van der Waals surface area contributed by atoms with Crippen LogP contribution in [0.1, 0.15) is 64.7 Å². The lowest BCUT2D eigenvalue weighted by atomic mass is 9.76. The standard InChI is InChI=1S/C22H31BN4O3/c1-7-16(8-2)25-19-11-12-24-20(27-19)26-17-9-10-18(15(13-17)14-28)23-29-21(3,4)22(5,6)30-23/h9-14,16H,7-8H2,1-6H3,(H2,24,25,26,27). The van der Waals surface area contributed by atoms with Gasteiger partial charge in [-0.3, -0.25) is 4.79 Å². The Morgan fingerprint density at radius 3 is 2.37 bits per heavy atom. The molecule has 1 aliphatic rings. The highest BCUT2D eigenvalue weighted by molar-refractivity contribution is 6.63. The fourth-order valence-electron chi connectivity index (χ4n) is 3.27. The van der Waals surface area contributed by atoms with Crippen LogP contribution in [0.15, 0.2) is 30.5 Å². The summed E-state index contributed by atoms with van der Waals surface area (Å²) in [6, 6.07) is 7.70. The summed E-state index contributed by atoms with van der Waals surface area (Å²) in [6.45, 7) is 12.2. The third kappa shape index (κ3) is 4.65. The molecule has 0 amide bonds. The van der Waals surface area contributed by atoms with Gasteiger partial charge in [0.25, 0.3) is 0 Å². The third-order valence-electron chi connectivity index (χ3n) is 5.97. The molecule has 2 heterocycles. The van der Waals surface area contributed by atoms with Gasteiger partial charge in [0.2, 0.25) is 5.95 Å². The van der Waals surface area contributed by atoms with E-state index < -0.39 is 18.3 Å². The largest absolute Gasteiger partial charge is 0.495 e. The Bertz CT molecular complexity index is 884. The minimum Gasteiger partial charge on any atom is -0.399 e. The molecule has 2 aromatic rings. The molecule has 160 valence electrons. The monoisotopic (exact) mass is 410 g/mol. The summed E-state index contributed by atoms with van der Waals surface area (Å²) in [7, 11) is -0.590. The molecule has 1 aromatic carbocycles. The Kier molecular flexibility index (Phi) is 6.48. The van der Waals surface area contributed by atoms with Gasteiger partial charge in [0.1, 0.15) is 12.1 Å². The highest BCUT2D eigenvalue weighted by Gasteiger charge is 2.52. The zero-order chi connectivity index (χ0) is 21.9. The molecule has 1 fully saturated rings. The number of carbonyl (C=O) groups excluding carboxylic acids is 1. The van der Waals surface area contributed by atoms with Gasteiger partial charge in [0.05, 0.1) is 11.2 Å². The number of carbonyl (C=O) groups is 1. The van der Waals surface area contributed by atoms with Crippen molar-refractivity contribution in [2.75, 3.05) is 10.6 Å². The van der Waals surface area contributed by atoms with Crippen molar-refractivity contribution in [3.63, 3.8) is 0 Å². The topological polar surface area (TPSA) is 85.4 Å². The molecule has 0 atom stereocenters. The van der Waals surface area contributed by atoms with Crippen molar-refractivity contribution < 1.29 is 14.1 Å². The van der Waals surface area contributed by atoms with E-state index in [9.17, 15) is 4.79 Å². The first-order valence-electron chi connectivity index (χ1n) is 10.5. The first kappa shape index (κ1) is 22.2. The number of benzene rings is 1. The third-order valence-corrected chi connectivity index (χ3v) is 5.97. The van der Waals surface area contributed by atoms with Crippen LogP contribution < -0.4 is 16.1 Å². The number of hydrogen-bond donors (Lipinski definition) is 2. The molecule has 0 saturated carbocycles. The van der Waals surface area contributed by atoms with Crippen LogP contribution in [0.25, 0.3) is 0 Å². The Morgan fingerprint density at radius 1 is 1.10 bits per heavy atom. The Labute approximate surface area is 179 Å². The lowest BCUT2D eigenvalue weighted by molar-refractivity contribution is 0.00578. The molecule has 0 radical (unpaired) electrons. The molecule has 2 N–H and O–H groups in total. The summed E-state index contributed by atoms with van der Waals surface area (Å²) >= 11 is 0. The smallest absolute Gasteiger partial charge is 0.399 e. The molecular formula is C22H31BN4O3. The van der Waals surface area contributed by atoms with Crippen molar-refractivity contribution in [3.05, 3.63) is 36.0 Å². The van der Waals surface area contributed by atoms with Gasteiger partial charge in [0, 0.05) is 23.5 Å². The van der Waals surface area contributed by atoms with Gasteiger partial charge in [-0.1, -0.05) is 19.9 Å². The molecule has 0 unspecified atom stereocenters.